The molecule has 0 spiro atoms. The first-order valence-electron chi connectivity index (χ1n) is 8.88. The smallest absolute Gasteiger partial charge is 0.255 e. The van der Waals surface area contributed by atoms with Gasteiger partial charge in [-0.05, 0) is 34.9 Å². The van der Waals surface area contributed by atoms with Gasteiger partial charge in [-0.2, -0.15) is 10.5 Å². The summed E-state index contributed by atoms with van der Waals surface area (Å²) in [5.41, 5.74) is 0.141. The Morgan fingerprint density at radius 2 is 1.79 bits per heavy atom. The summed E-state index contributed by atoms with van der Waals surface area (Å²) >= 11 is 0. The molecule has 0 aromatic heterocycles. The largest absolute Gasteiger partial charge is 0.339 e. The Kier molecular flexibility index (Phi) is 5.86. The summed E-state index contributed by atoms with van der Waals surface area (Å²) in [6, 6.07) is 13.8. The van der Waals surface area contributed by atoms with Crippen molar-refractivity contribution in [2.24, 2.45) is 5.41 Å². The summed E-state index contributed by atoms with van der Waals surface area (Å²) in [7, 11) is 0. The van der Waals surface area contributed by atoms with E-state index in [2.05, 4.69) is 10.6 Å². The molecule has 2 aromatic rings. The molecular weight excluding hydrogens is 381 g/mol. The molecule has 29 heavy (non-hydrogen) atoms. The Balaban J connectivity index is 1.72. The van der Waals surface area contributed by atoms with Crippen LogP contribution in [0.15, 0.2) is 42.5 Å². The van der Waals surface area contributed by atoms with E-state index in [1.807, 2.05) is 12.1 Å². The number of benzene rings is 2. The topological polar surface area (TPSA) is 88.7 Å². The van der Waals surface area contributed by atoms with E-state index < -0.39 is 29.6 Å². The quantitative estimate of drug-likeness (QED) is 0.783. The maximum absolute atomic E-state index is 14.6. The SMILES string of the molecule is N#Cc1ccc(-c2ccc(C[C@@H](C#N)NC(=O)C3(C(F)F)CNC3)c(F)c2)cc1. The first-order chi connectivity index (χ1) is 13.9. The molecule has 2 aromatic carbocycles. The molecule has 0 radical (unpaired) electrons. The molecule has 2 N–H and O–H groups in total. The van der Waals surface area contributed by atoms with Gasteiger partial charge in [0.25, 0.3) is 6.43 Å². The van der Waals surface area contributed by atoms with E-state index in [9.17, 15) is 23.2 Å². The van der Waals surface area contributed by atoms with Gasteiger partial charge in [0.05, 0.1) is 17.7 Å². The molecule has 8 heteroatoms. The van der Waals surface area contributed by atoms with Gasteiger partial charge in [-0.3, -0.25) is 4.79 Å². The molecule has 5 nitrogen and oxygen atoms in total. The zero-order chi connectivity index (χ0) is 21.0. The van der Waals surface area contributed by atoms with Crippen LogP contribution in [0.5, 0.6) is 0 Å². The number of nitriles is 2. The third-order valence-electron chi connectivity index (χ3n) is 5.04. The molecule has 0 bridgehead atoms. The van der Waals surface area contributed by atoms with Crippen LogP contribution in [0.25, 0.3) is 11.1 Å². The highest BCUT2D eigenvalue weighted by Gasteiger charge is 2.52. The van der Waals surface area contributed by atoms with Crippen molar-refractivity contribution < 1.29 is 18.0 Å². The highest BCUT2D eigenvalue weighted by molar-refractivity contribution is 5.85. The Bertz CT molecular complexity index is 988. The molecule has 1 atom stereocenters. The van der Waals surface area contributed by atoms with E-state index in [-0.39, 0.29) is 25.1 Å². The maximum Gasteiger partial charge on any atom is 0.255 e. The van der Waals surface area contributed by atoms with Crippen LogP contribution in [0, 0.1) is 33.9 Å². The van der Waals surface area contributed by atoms with Gasteiger partial charge in [-0.1, -0.05) is 24.3 Å². The number of halogens is 3. The predicted molar refractivity (Wildman–Crippen MR) is 99.1 cm³/mol. The predicted octanol–water partition coefficient (Wildman–Crippen LogP) is 2.77. The fourth-order valence-electron chi connectivity index (χ4n) is 3.09. The van der Waals surface area contributed by atoms with Gasteiger partial charge in [0.1, 0.15) is 17.3 Å². The van der Waals surface area contributed by atoms with Crippen LogP contribution in [-0.2, 0) is 11.2 Å². The fraction of sp³-hybridized carbons (Fsp3) is 0.286. The van der Waals surface area contributed by atoms with Crippen LogP contribution >= 0.6 is 0 Å². The lowest BCUT2D eigenvalue weighted by molar-refractivity contribution is -0.146. The molecular formula is C21H17F3N4O. The van der Waals surface area contributed by atoms with Crippen molar-refractivity contribution in [3.05, 3.63) is 59.4 Å². The fourth-order valence-corrected chi connectivity index (χ4v) is 3.09. The minimum Gasteiger partial charge on any atom is -0.339 e. The summed E-state index contributed by atoms with van der Waals surface area (Å²) in [5, 5.41) is 23.1. The monoisotopic (exact) mass is 398 g/mol. The number of amides is 1. The minimum atomic E-state index is -2.86. The lowest BCUT2D eigenvalue weighted by Gasteiger charge is -2.40. The second-order valence-corrected chi connectivity index (χ2v) is 6.92. The van der Waals surface area contributed by atoms with Crippen LogP contribution in [0.3, 0.4) is 0 Å². The average molecular weight is 398 g/mol. The van der Waals surface area contributed by atoms with E-state index in [1.54, 1.807) is 30.3 Å². The third-order valence-corrected chi connectivity index (χ3v) is 5.04. The van der Waals surface area contributed by atoms with Crippen molar-refractivity contribution in [1.82, 2.24) is 10.6 Å². The highest BCUT2D eigenvalue weighted by atomic mass is 19.3. The zero-order valence-electron chi connectivity index (χ0n) is 15.3. The molecule has 0 aliphatic carbocycles. The van der Waals surface area contributed by atoms with Crippen LogP contribution in [0.2, 0.25) is 0 Å². The Labute approximate surface area is 165 Å². The Morgan fingerprint density at radius 3 is 2.28 bits per heavy atom. The molecule has 0 unspecified atom stereocenters. The van der Waals surface area contributed by atoms with Crippen LogP contribution < -0.4 is 10.6 Å². The average Bonchev–Trinajstić information content (AvgIpc) is 2.67. The van der Waals surface area contributed by atoms with E-state index >= 15 is 0 Å². The van der Waals surface area contributed by atoms with E-state index in [1.165, 1.54) is 12.1 Å². The van der Waals surface area contributed by atoms with Gasteiger partial charge in [0, 0.05) is 19.5 Å². The van der Waals surface area contributed by atoms with Gasteiger partial charge in [0.2, 0.25) is 5.91 Å². The normalized spacial score (nSPS) is 15.7. The summed E-state index contributed by atoms with van der Waals surface area (Å²) in [6.45, 7) is -0.329. The number of carbonyl (C=O) groups excluding carboxylic acids is 1. The van der Waals surface area contributed by atoms with E-state index in [0.29, 0.717) is 11.1 Å². The zero-order valence-corrected chi connectivity index (χ0v) is 15.3. The molecule has 1 saturated heterocycles. The molecule has 3 rings (SSSR count). The second kappa shape index (κ2) is 8.34. The van der Waals surface area contributed by atoms with Crippen molar-refractivity contribution in [3.8, 4) is 23.3 Å². The summed E-state index contributed by atoms with van der Waals surface area (Å²) in [6.07, 6.45) is -3.00. The molecule has 1 aliphatic heterocycles. The van der Waals surface area contributed by atoms with E-state index in [4.69, 9.17) is 5.26 Å². The lowest BCUT2D eigenvalue weighted by atomic mass is 9.81. The second-order valence-electron chi connectivity index (χ2n) is 6.92. The summed E-state index contributed by atoms with van der Waals surface area (Å²) in [5.74, 6) is -1.48. The number of rotatable bonds is 6. The van der Waals surface area contributed by atoms with Crippen molar-refractivity contribution in [2.75, 3.05) is 13.1 Å². The van der Waals surface area contributed by atoms with Gasteiger partial charge in [-0.25, -0.2) is 13.2 Å². The number of hydrogen-bond donors (Lipinski definition) is 2. The number of alkyl halides is 2. The first-order valence-corrected chi connectivity index (χ1v) is 8.88. The van der Waals surface area contributed by atoms with E-state index in [0.717, 1.165) is 5.56 Å². The molecule has 1 amide bonds. The Morgan fingerprint density at radius 1 is 1.14 bits per heavy atom. The number of hydrogen-bond acceptors (Lipinski definition) is 4. The van der Waals surface area contributed by atoms with Crippen LogP contribution in [0.1, 0.15) is 11.1 Å². The van der Waals surface area contributed by atoms with Gasteiger partial charge >= 0.3 is 0 Å². The highest BCUT2D eigenvalue weighted by Crippen LogP contribution is 2.31. The van der Waals surface area contributed by atoms with Crippen LogP contribution in [0.4, 0.5) is 13.2 Å². The van der Waals surface area contributed by atoms with Crippen molar-refractivity contribution in [2.45, 2.75) is 18.9 Å². The number of carbonyl (C=O) groups is 1. The molecule has 148 valence electrons. The summed E-state index contributed by atoms with van der Waals surface area (Å²) in [4.78, 5) is 12.2. The van der Waals surface area contributed by atoms with Crippen LogP contribution in [-0.4, -0.2) is 31.5 Å². The number of nitrogens with zero attached hydrogens (tertiary/aromatic N) is 2. The molecule has 1 aliphatic rings. The summed E-state index contributed by atoms with van der Waals surface area (Å²) < 4.78 is 41.0. The van der Waals surface area contributed by atoms with Crippen molar-refractivity contribution >= 4 is 5.91 Å². The Hall–Kier alpha value is -3.36. The van der Waals surface area contributed by atoms with Gasteiger partial charge in [-0.15, -0.1) is 0 Å². The molecule has 1 heterocycles. The lowest BCUT2D eigenvalue weighted by Crippen LogP contribution is -2.66. The standard InChI is InChI=1S/C21H17F3N4O/c22-18-8-15(14-3-1-13(9-25)2-4-14)5-6-16(18)7-17(10-26)28-20(29)21(19(23)24)11-27-12-21/h1-6,8,17,19,27H,7,11-12H2,(H,28,29)/t17-/m0/s1. The minimum absolute atomic E-state index is 0.144. The molecule has 0 saturated carbocycles. The number of nitrogens with one attached hydrogen (secondary N) is 2. The van der Waals surface area contributed by atoms with Gasteiger partial charge < -0.3 is 10.6 Å². The maximum atomic E-state index is 14.6. The van der Waals surface area contributed by atoms with Gasteiger partial charge in [0.15, 0.2) is 0 Å². The molecule has 1 fully saturated rings. The van der Waals surface area contributed by atoms with Crippen molar-refractivity contribution in [3.63, 3.8) is 0 Å². The van der Waals surface area contributed by atoms with Crippen molar-refractivity contribution in [1.29, 1.82) is 10.5 Å². The third kappa shape index (κ3) is 4.08. The first kappa shape index (κ1) is 20.4.